The lowest BCUT2D eigenvalue weighted by Gasteiger charge is -2.12. The standard InChI is InChI=1S/C14H9Br2ClF3N/c15-10-4-9(14(18,19)20)5-11(6-10)21-7-8-1-2-13(17)12(16)3-8/h1-6,21H,7H2. The molecule has 0 fully saturated rings. The van der Waals surface area contributed by atoms with Gasteiger partial charge in [0.1, 0.15) is 0 Å². The maximum Gasteiger partial charge on any atom is 0.416 e. The summed E-state index contributed by atoms with van der Waals surface area (Å²) in [6.07, 6.45) is -4.37. The molecule has 0 atom stereocenters. The molecule has 2 aromatic rings. The molecule has 0 aliphatic heterocycles. The number of benzene rings is 2. The molecule has 112 valence electrons. The largest absolute Gasteiger partial charge is 0.416 e. The Morgan fingerprint density at radius 2 is 1.76 bits per heavy atom. The van der Waals surface area contributed by atoms with Crippen molar-refractivity contribution in [1.29, 1.82) is 0 Å². The fourth-order valence-electron chi connectivity index (χ4n) is 1.71. The van der Waals surface area contributed by atoms with Crippen molar-refractivity contribution in [2.75, 3.05) is 5.32 Å². The Kier molecular flexibility index (Phi) is 5.22. The first-order chi connectivity index (χ1) is 9.75. The highest BCUT2D eigenvalue weighted by Gasteiger charge is 2.31. The first-order valence-electron chi connectivity index (χ1n) is 5.81. The van der Waals surface area contributed by atoms with Crippen molar-refractivity contribution in [3.8, 4) is 0 Å². The van der Waals surface area contributed by atoms with Crippen LogP contribution >= 0.6 is 43.5 Å². The van der Waals surface area contributed by atoms with Crippen LogP contribution in [-0.2, 0) is 12.7 Å². The fraction of sp³-hybridized carbons (Fsp3) is 0.143. The van der Waals surface area contributed by atoms with Gasteiger partial charge < -0.3 is 5.32 Å². The van der Waals surface area contributed by atoms with Gasteiger partial charge in [0.05, 0.1) is 10.6 Å². The van der Waals surface area contributed by atoms with E-state index >= 15 is 0 Å². The molecule has 0 bridgehead atoms. The normalized spacial score (nSPS) is 11.5. The summed E-state index contributed by atoms with van der Waals surface area (Å²) in [6.45, 7) is 0.392. The zero-order valence-corrected chi connectivity index (χ0v) is 14.4. The Labute approximate surface area is 141 Å². The number of halogens is 6. The van der Waals surface area contributed by atoms with E-state index in [1.165, 1.54) is 0 Å². The molecule has 1 nitrogen and oxygen atoms in total. The van der Waals surface area contributed by atoms with Crippen molar-refractivity contribution < 1.29 is 13.2 Å². The van der Waals surface area contributed by atoms with Crippen LogP contribution in [0.2, 0.25) is 5.02 Å². The van der Waals surface area contributed by atoms with Gasteiger partial charge >= 0.3 is 6.18 Å². The van der Waals surface area contributed by atoms with Gasteiger partial charge in [-0.05, 0) is 51.8 Å². The molecule has 2 aromatic carbocycles. The van der Waals surface area contributed by atoms with Crippen molar-refractivity contribution >= 4 is 49.1 Å². The SMILES string of the molecule is FC(F)(F)c1cc(Br)cc(NCc2ccc(Cl)c(Br)c2)c1. The zero-order valence-electron chi connectivity index (χ0n) is 10.4. The third kappa shape index (κ3) is 4.63. The quantitative estimate of drug-likeness (QED) is 0.571. The Hall–Kier alpha value is -0.720. The summed E-state index contributed by atoms with van der Waals surface area (Å²) in [6, 6.07) is 9.07. The maximum atomic E-state index is 12.7. The Morgan fingerprint density at radius 1 is 1.05 bits per heavy atom. The van der Waals surface area contributed by atoms with Crippen LogP contribution in [0.4, 0.5) is 18.9 Å². The Bertz CT molecular complexity index is 659. The van der Waals surface area contributed by atoms with Crippen molar-refractivity contribution in [3.63, 3.8) is 0 Å². The van der Waals surface area contributed by atoms with Crippen LogP contribution in [0.1, 0.15) is 11.1 Å². The zero-order chi connectivity index (χ0) is 15.6. The number of rotatable bonds is 3. The molecule has 0 heterocycles. The van der Waals surface area contributed by atoms with E-state index in [4.69, 9.17) is 11.6 Å². The highest BCUT2D eigenvalue weighted by molar-refractivity contribution is 9.10. The minimum atomic E-state index is -4.37. The first-order valence-corrected chi connectivity index (χ1v) is 7.78. The molecule has 0 unspecified atom stereocenters. The van der Waals surface area contributed by atoms with Crippen LogP contribution in [0.5, 0.6) is 0 Å². The average Bonchev–Trinajstić information content (AvgIpc) is 2.38. The van der Waals surface area contributed by atoms with Crippen LogP contribution < -0.4 is 5.32 Å². The molecule has 21 heavy (non-hydrogen) atoms. The summed E-state index contributed by atoms with van der Waals surface area (Å²) in [5.74, 6) is 0. The monoisotopic (exact) mass is 441 g/mol. The fourth-order valence-corrected chi connectivity index (χ4v) is 2.75. The van der Waals surface area contributed by atoms with Gasteiger partial charge in [-0.15, -0.1) is 0 Å². The number of alkyl halides is 3. The van der Waals surface area contributed by atoms with Gasteiger partial charge in [0.2, 0.25) is 0 Å². The second kappa shape index (κ2) is 6.58. The Morgan fingerprint density at radius 3 is 2.38 bits per heavy atom. The molecule has 0 saturated carbocycles. The molecule has 0 aromatic heterocycles. The van der Waals surface area contributed by atoms with Crippen LogP contribution in [0.3, 0.4) is 0 Å². The molecule has 0 spiro atoms. The lowest BCUT2D eigenvalue weighted by molar-refractivity contribution is -0.137. The van der Waals surface area contributed by atoms with E-state index in [1.807, 2.05) is 12.1 Å². The van der Waals surface area contributed by atoms with E-state index in [2.05, 4.69) is 37.2 Å². The van der Waals surface area contributed by atoms with E-state index in [0.717, 1.165) is 22.2 Å². The number of hydrogen-bond donors (Lipinski definition) is 1. The molecule has 0 aliphatic carbocycles. The van der Waals surface area contributed by atoms with E-state index in [1.54, 1.807) is 12.1 Å². The Balaban J connectivity index is 2.16. The summed E-state index contributed by atoms with van der Waals surface area (Å²) in [5, 5.41) is 3.55. The molecule has 2 rings (SSSR count). The van der Waals surface area contributed by atoms with E-state index in [9.17, 15) is 13.2 Å². The van der Waals surface area contributed by atoms with E-state index in [-0.39, 0.29) is 0 Å². The number of hydrogen-bond acceptors (Lipinski definition) is 1. The minimum Gasteiger partial charge on any atom is -0.381 e. The van der Waals surface area contributed by atoms with Crippen LogP contribution in [0, 0.1) is 0 Å². The van der Waals surface area contributed by atoms with Gasteiger partial charge in [0, 0.05) is 21.2 Å². The summed E-state index contributed by atoms with van der Waals surface area (Å²) in [7, 11) is 0. The number of anilines is 1. The molecule has 1 N–H and O–H groups in total. The highest BCUT2D eigenvalue weighted by atomic mass is 79.9. The van der Waals surface area contributed by atoms with Crippen LogP contribution in [0.25, 0.3) is 0 Å². The van der Waals surface area contributed by atoms with Crippen molar-refractivity contribution in [2.45, 2.75) is 12.7 Å². The summed E-state index contributed by atoms with van der Waals surface area (Å²) < 4.78 is 39.3. The highest BCUT2D eigenvalue weighted by Crippen LogP contribution is 2.33. The molecule has 0 radical (unpaired) electrons. The van der Waals surface area contributed by atoms with E-state index < -0.39 is 11.7 Å². The van der Waals surface area contributed by atoms with Gasteiger partial charge in [0.15, 0.2) is 0 Å². The van der Waals surface area contributed by atoms with E-state index in [0.29, 0.717) is 21.7 Å². The van der Waals surface area contributed by atoms with Crippen molar-refractivity contribution in [3.05, 3.63) is 61.5 Å². The smallest absolute Gasteiger partial charge is 0.381 e. The van der Waals surface area contributed by atoms with Crippen molar-refractivity contribution in [1.82, 2.24) is 0 Å². The second-order valence-corrected chi connectivity index (χ2v) is 6.51. The summed E-state index contributed by atoms with van der Waals surface area (Å²) in [5.41, 5.74) is 0.597. The molecule has 7 heteroatoms. The molecular formula is C14H9Br2ClF3N. The van der Waals surface area contributed by atoms with Gasteiger partial charge in [-0.3, -0.25) is 0 Å². The molecular weight excluding hydrogens is 434 g/mol. The average molecular weight is 443 g/mol. The number of nitrogens with one attached hydrogen (secondary N) is 1. The minimum absolute atomic E-state index is 0.372. The lowest BCUT2D eigenvalue weighted by Crippen LogP contribution is -2.07. The van der Waals surface area contributed by atoms with Gasteiger partial charge in [0.25, 0.3) is 0 Å². The van der Waals surface area contributed by atoms with Gasteiger partial charge in [-0.1, -0.05) is 33.6 Å². The second-order valence-electron chi connectivity index (χ2n) is 4.33. The lowest BCUT2D eigenvalue weighted by atomic mass is 10.2. The third-order valence-electron chi connectivity index (χ3n) is 2.71. The molecule has 0 aliphatic rings. The third-order valence-corrected chi connectivity index (χ3v) is 4.38. The van der Waals surface area contributed by atoms with Crippen molar-refractivity contribution in [2.24, 2.45) is 0 Å². The summed E-state index contributed by atoms with van der Waals surface area (Å²) in [4.78, 5) is 0. The predicted octanol–water partition coefficient (Wildman–Crippen LogP) is 6.50. The first kappa shape index (κ1) is 16.6. The van der Waals surface area contributed by atoms with Gasteiger partial charge in [-0.2, -0.15) is 13.2 Å². The van der Waals surface area contributed by atoms with Crippen LogP contribution in [-0.4, -0.2) is 0 Å². The van der Waals surface area contributed by atoms with Gasteiger partial charge in [-0.25, -0.2) is 0 Å². The molecule has 0 amide bonds. The topological polar surface area (TPSA) is 12.0 Å². The predicted molar refractivity (Wildman–Crippen MR) is 85.6 cm³/mol. The maximum absolute atomic E-state index is 12.7. The summed E-state index contributed by atoms with van der Waals surface area (Å²) >= 11 is 12.3. The molecule has 0 saturated heterocycles. The van der Waals surface area contributed by atoms with Crippen LogP contribution in [0.15, 0.2) is 45.3 Å².